The van der Waals surface area contributed by atoms with Gasteiger partial charge >= 0.3 is 6.18 Å². The van der Waals surface area contributed by atoms with E-state index in [0.29, 0.717) is 6.20 Å². The summed E-state index contributed by atoms with van der Waals surface area (Å²) < 4.78 is 38.7. The highest BCUT2D eigenvalue weighted by Gasteiger charge is 2.30. The van der Waals surface area contributed by atoms with Crippen molar-refractivity contribution in [1.82, 2.24) is 14.8 Å². The Kier molecular flexibility index (Phi) is 5.66. The quantitative estimate of drug-likeness (QED) is 0.598. The van der Waals surface area contributed by atoms with Crippen molar-refractivity contribution in [3.8, 4) is 5.82 Å². The van der Waals surface area contributed by atoms with Crippen LogP contribution in [0.5, 0.6) is 0 Å². The summed E-state index contributed by atoms with van der Waals surface area (Å²) in [5.74, 6) is -0.0840. The predicted octanol–water partition coefficient (Wildman–Crippen LogP) is 3.87. The summed E-state index contributed by atoms with van der Waals surface area (Å²) in [5.41, 5.74) is -0.533. The van der Waals surface area contributed by atoms with Crippen LogP contribution in [0.25, 0.3) is 5.82 Å². The molecule has 2 heterocycles. The molecule has 0 aliphatic heterocycles. The molecule has 0 aliphatic carbocycles. The smallest absolute Gasteiger partial charge is 0.269 e. The Bertz CT molecular complexity index is 1010. The third-order valence-corrected chi connectivity index (χ3v) is 4.15. The number of halogens is 4. The van der Waals surface area contributed by atoms with E-state index in [1.807, 2.05) is 30.3 Å². The molecule has 1 aromatic carbocycles. The lowest BCUT2D eigenvalue weighted by molar-refractivity contribution is -0.137. The summed E-state index contributed by atoms with van der Waals surface area (Å²) in [4.78, 5) is 21.7. The molecule has 3 rings (SSSR count). The average molecular weight is 411 g/mol. The minimum atomic E-state index is -4.52. The molecule has 0 amide bonds. The van der Waals surface area contributed by atoms with Crippen LogP contribution < -0.4 is 10.6 Å². The molecule has 0 saturated heterocycles. The Balaban J connectivity index is 1.82. The van der Waals surface area contributed by atoms with E-state index >= 15 is 0 Å². The van der Waals surface area contributed by atoms with Crippen LogP contribution in [0.2, 0.25) is 5.02 Å². The monoisotopic (exact) mass is 410 g/mol. The molecule has 146 valence electrons. The SMILES string of the molecule is CN(OCc1ccccc1)c1cnn(-c2ccc(C(F)(F)F)cn2)c(=O)c1Cl. The van der Waals surface area contributed by atoms with Crippen molar-refractivity contribution >= 4 is 17.3 Å². The summed E-state index contributed by atoms with van der Waals surface area (Å²) in [7, 11) is 1.56. The van der Waals surface area contributed by atoms with E-state index in [0.717, 1.165) is 22.4 Å². The van der Waals surface area contributed by atoms with Crippen molar-refractivity contribution in [2.24, 2.45) is 0 Å². The van der Waals surface area contributed by atoms with Gasteiger partial charge in [0.1, 0.15) is 10.7 Å². The fourth-order valence-electron chi connectivity index (χ4n) is 2.30. The van der Waals surface area contributed by atoms with Crippen LogP contribution >= 0.6 is 11.6 Å². The van der Waals surface area contributed by atoms with Crippen LogP contribution in [0, 0.1) is 0 Å². The van der Waals surface area contributed by atoms with Crippen molar-refractivity contribution in [2.45, 2.75) is 12.8 Å². The number of nitrogens with zero attached hydrogens (tertiary/aromatic N) is 4. The molecule has 0 saturated carbocycles. The second-order valence-electron chi connectivity index (χ2n) is 5.72. The van der Waals surface area contributed by atoms with Crippen LogP contribution in [-0.2, 0) is 17.6 Å². The molecule has 0 bridgehead atoms. The van der Waals surface area contributed by atoms with E-state index in [1.165, 1.54) is 11.3 Å². The van der Waals surface area contributed by atoms with Gasteiger partial charge in [-0.05, 0) is 17.7 Å². The first kappa shape index (κ1) is 19.8. The third kappa shape index (κ3) is 4.32. The van der Waals surface area contributed by atoms with Crippen molar-refractivity contribution in [2.75, 3.05) is 12.1 Å². The fourth-order valence-corrected chi connectivity index (χ4v) is 2.55. The van der Waals surface area contributed by atoms with Crippen LogP contribution in [0.4, 0.5) is 18.9 Å². The molecule has 0 spiro atoms. The predicted molar refractivity (Wildman–Crippen MR) is 97.3 cm³/mol. The third-order valence-electron chi connectivity index (χ3n) is 3.80. The van der Waals surface area contributed by atoms with E-state index in [9.17, 15) is 18.0 Å². The van der Waals surface area contributed by atoms with E-state index < -0.39 is 17.3 Å². The lowest BCUT2D eigenvalue weighted by Gasteiger charge is -2.19. The molecule has 0 atom stereocenters. The molecule has 0 aliphatic rings. The van der Waals surface area contributed by atoms with Crippen molar-refractivity contribution in [1.29, 1.82) is 0 Å². The molecule has 3 aromatic rings. The highest BCUT2D eigenvalue weighted by molar-refractivity contribution is 6.32. The first-order chi connectivity index (χ1) is 13.3. The molecule has 0 radical (unpaired) electrons. The number of hydrogen-bond acceptors (Lipinski definition) is 5. The Morgan fingerprint density at radius 2 is 1.86 bits per heavy atom. The standard InChI is InChI=1S/C18H14ClF3N4O2/c1-25(28-11-12-5-3-2-4-6-12)14-10-24-26(17(27)16(14)19)15-8-7-13(9-23-15)18(20,21)22/h2-10H,11H2,1H3. The van der Waals surface area contributed by atoms with Gasteiger partial charge in [-0.2, -0.15) is 23.0 Å². The van der Waals surface area contributed by atoms with Gasteiger partial charge in [-0.1, -0.05) is 41.9 Å². The summed E-state index contributed by atoms with van der Waals surface area (Å²) in [6.07, 6.45) is -2.63. The summed E-state index contributed by atoms with van der Waals surface area (Å²) in [6.45, 7) is 0.247. The molecule has 0 N–H and O–H groups in total. The Morgan fingerprint density at radius 1 is 1.14 bits per heavy atom. The van der Waals surface area contributed by atoms with Gasteiger partial charge in [-0.15, -0.1) is 0 Å². The molecule has 28 heavy (non-hydrogen) atoms. The molecule has 10 heteroatoms. The van der Waals surface area contributed by atoms with E-state index in [4.69, 9.17) is 16.4 Å². The first-order valence-electron chi connectivity index (χ1n) is 7.99. The lowest BCUT2D eigenvalue weighted by atomic mass is 10.2. The highest BCUT2D eigenvalue weighted by atomic mass is 35.5. The average Bonchev–Trinajstić information content (AvgIpc) is 2.68. The maximum Gasteiger partial charge on any atom is 0.417 e. The lowest BCUT2D eigenvalue weighted by Crippen LogP contribution is -2.27. The van der Waals surface area contributed by atoms with Gasteiger partial charge in [-0.25, -0.2) is 4.98 Å². The Labute approximate surface area is 162 Å². The van der Waals surface area contributed by atoms with E-state index in [2.05, 4.69) is 10.1 Å². The fraction of sp³-hybridized carbons (Fsp3) is 0.167. The number of anilines is 1. The summed E-state index contributed by atoms with van der Waals surface area (Å²) >= 11 is 6.13. The topological polar surface area (TPSA) is 60.2 Å². The van der Waals surface area contributed by atoms with Crippen molar-refractivity contribution < 1.29 is 18.0 Å². The summed E-state index contributed by atoms with van der Waals surface area (Å²) in [5, 5.41) is 5.03. The van der Waals surface area contributed by atoms with Crippen LogP contribution in [0.1, 0.15) is 11.1 Å². The van der Waals surface area contributed by atoms with Gasteiger partial charge < -0.3 is 0 Å². The Hall–Kier alpha value is -2.91. The minimum Gasteiger partial charge on any atom is -0.269 e. The number of alkyl halides is 3. The molecular weight excluding hydrogens is 397 g/mol. The second-order valence-corrected chi connectivity index (χ2v) is 6.10. The van der Waals surface area contributed by atoms with Gasteiger partial charge in [-0.3, -0.25) is 14.7 Å². The van der Waals surface area contributed by atoms with Crippen LogP contribution in [-0.4, -0.2) is 21.8 Å². The normalized spacial score (nSPS) is 11.5. The number of rotatable bonds is 5. The molecule has 6 nitrogen and oxygen atoms in total. The first-order valence-corrected chi connectivity index (χ1v) is 8.37. The van der Waals surface area contributed by atoms with E-state index in [-0.39, 0.29) is 23.1 Å². The minimum absolute atomic E-state index is 0.0840. The largest absolute Gasteiger partial charge is 0.417 e. The van der Waals surface area contributed by atoms with Gasteiger partial charge in [0.2, 0.25) is 0 Å². The van der Waals surface area contributed by atoms with Gasteiger partial charge in [0.25, 0.3) is 5.56 Å². The maximum atomic E-state index is 12.6. The number of hydrogen-bond donors (Lipinski definition) is 0. The van der Waals surface area contributed by atoms with Gasteiger partial charge in [0, 0.05) is 13.2 Å². The number of hydroxylamine groups is 1. The van der Waals surface area contributed by atoms with Gasteiger partial charge in [0.05, 0.1) is 18.4 Å². The highest BCUT2D eigenvalue weighted by Crippen LogP contribution is 2.28. The zero-order valence-electron chi connectivity index (χ0n) is 14.5. The van der Waals surface area contributed by atoms with Gasteiger partial charge in [0.15, 0.2) is 5.82 Å². The maximum absolute atomic E-state index is 12.6. The van der Waals surface area contributed by atoms with Crippen LogP contribution in [0.3, 0.4) is 0 Å². The zero-order chi connectivity index (χ0) is 20.3. The number of benzene rings is 1. The van der Waals surface area contributed by atoms with Crippen LogP contribution in [0.15, 0.2) is 59.7 Å². The Morgan fingerprint density at radius 3 is 2.46 bits per heavy atom. The molecule has 0 unspecified atom stereocenters. The second kappa shape index (κ2) is 7.99. The number of aromatic nitrogens is 3. The van der Waals surface area contributed by atoms with Crippen molar-refractivity contribution in [3.05, 3.63) is 81.4 Å². The molecule has 2 aromatic heterocycles. The number of pyridine rings is 1. The molecular formula is C18H14ClF3N4O2. The van der Waals surface area contributed by atoms with E-state index in [1.54, 1.807) is 7.05 Å². The summed E-state index contributed by atoms with van der Waals surface area (Å²) in [6, 6.07) is 11.2. The molecule has 0 fully saturated rings. The zero-order valence-corrected chi connectivity index (χ0v) is 15.3. The van der Waals surface area contributed by atoms with Crippen molar-refractivity contribution in [3.63, 3.8) is 0 Å².